The zero-order chi connectivity index (χ0) is 18.4. The van der Waals surface area contributed by atoms with E-state index in [4.69, 9.17) is 21.1 Å². The Bertz CT molecular complexity index is 736. The van der Waals surface area contributed by atoms with Gasteiger partial charge in [-0.05, 0) is 38.2 Å². The second kappa shape index (κ2) is 8.74. The van der Waals surface area contributed by atoms with E-state index in [2.05, 4.69) is 5.32 Å². The summed E-state index contributed by atoms with van der Waals surface area (Å²) in [5, 5.41) is 3.46. The van der Waals surface area contributed by atoms with Gasteiger partial charge in [-0.3, -0.25) is 9.69 Å². The monoisotopic (exact) mass is 362 g/mol. The Hall–Kier alpha value is -2.24. The van der Waals surface area contributed by atoms with E-state index in [9.17, 15) is 4.79 Å². The smallest absolute Gasteiger partial charge is 0.241 e. The Balaban J connectivity index is 2.07. The van der Waals surface area contributed by atoms with Gasteiger partial charge in [0.25, 0.3) is 0 Å². The van der Waals surface area contributed by atoms with Crippen LogP contribution in [0.4, 0.5) is 5.69 Å². The molecule has 0 aliphatic heterocycles. The molecule has 0 aliphatic rings. The highest BCUT2D eigenvalue weighted by molar-refractivity contribution is 6.30. The number of hydrogen-bond acceptors (Lipinski definition) is 4. The number of hydrogen-bond donors (Lipinski definition) is 1. The van der Waals surface area contributed by atoms with Gasteiger partial charge in [0.15, 0.2) is 11.5 Å². The molecule has 0 heterocycles. The SMILES string of the molecule is COc1cccc(CN(C)[C@@H](C)C(=O)Nc2cccc(Cl)c2)c1OC. The summed E-state index contributed by atoms with van der Waals surface area (Å²) in [4.78, 5) is 14.4. The summed E-state index contributed by atoms with van der Waals surface area (Å²) in [5.41, 5.74) is 1.63. The minimum Gasteiger partial charge on any atom is -0.493 e. The van der Waals surface area contributed by atoms with Crippen molar-refractivity contribution in [3.63, 3.8) is 0 Å². The van der Waals surface area contributed by atoms with E-state index in [1.165, 1.54) is 0 Å². The largest absolute Gasteiger partial charge is 0.493 e. The predicted octanol–water partition coefficient (Wildman–Crippen LogP) is 3.82. The predicted molar refractivity (Wildman–Crippen MR) is 101 cm³/mol. The van der Waals surface area contributed by atoms with Gasteiger partial charge in [-0.2, -0.15) is 0 Å². The van der Waals surface area contributed by atoms with Gasteiger partial charge < -0.3 is 14.8 Å². The lowest BCUT2D eigenvalue weighted by atomic mass is 10.1. The highest BCUT2D eigenvalue weighted by atomic mass is 35.5. The molecule has 5 nitrogen and oxygen atoms in total. The molecular weight excluding hydrogens is 340 g/mol. The van der Waals surface area contributed by atoms with Gasteiger partial charge in [0.1, 0.15) is 0 Å². The second-order valence-electron chi connectivity index (χ2n) is 5.74. The number of halogens is 1. The number of carbonyl (C=O) groups is 1. The summed E-state index contributed by atoms with van der Waals surface area (Å²) in [6, 6.07) is 12.5. The molecule has 0 bridgehead atoms. The summed E-state index contributed by atoms with van der Waals surface area (Å²) in [5.74, 6) is 1.25. The zero-order valence-corrected chi connectivity index (χ0v) is 15.6. The Morgan fingerprint density at radius 3 is 2.56 bits per heavy atom. The number of carbonyl (C=O) groups excluding carboxylic acids is 1. The molecule has 2 rings (SSSR count). The molecule has 2 aromatic rings. The van der Waals surface area contributed by atoms with Crippen molar-refractivity contribution in [3.05, 3.63) is 53.1 Å². The second-order valence-corrected chi connectivity index (χ2v) is 6.18. The topological polar surface area (TPSA) is 50.8 Å². The fourth-order valence-corrected chi connectivity index (χ4v) is 2.69. The number of methoxy groups -OCH3 is 2. The quantitative estimate of drug-likeness (QED) is 0.813. The van der Waals surface area contributed by atoms with Crippen molar-refractivity contribution in [2.45, 2.75) is 19.5 Å². The number of likely N-dealkylation sites (N-methyl/N-ethyl adjacent to an activating group) is 1. The highest BCUT2D eigenvalue weighted by Crippen LogP contribution is 2.31. The summed E-state index contributed by atoms with van der Waals surface area (Å²) in [6.45, 7) is 2.40. The molecule has 0 radical (unpaired) electrons. The maximum atomic E-state index is 12.5. The van der Waals surface area contributed by atoms with E-state index in [1.54, 1.807) is 32.4 Å². The molecule has 1 atom stereocenters. The molecule has 0 aromatic heterocycles. The van der Waals surface area contributed by atoms with E-state index in [1.807, 2.05) is 43.1 Å². The summed E-state index contributed by atoms with van der Waals surface area (Å²) >= 11 is 5.95. The third-order valence-corrected chi connectivity index (χ3v) is 4.27. The number of nitrogens with one attached hydrogen (secondary N) is 1. The maximum Gasteiger partial charge on any atom is 0.241 e. The molecule has 134 valence electrons. The van der Waals surface area contributed by atoms with Crippen LogP contribution in [0.2, 0.25) is 5.02 Å². The first-order valence-corrected chi connectivity index (χ1v) is 8.30. The molecule has 0 fully saturated rings. The van der Waals surface area contributed by atoms with Crippen molar-refractivity contribution in [1.29, 1.82) is 0 Å². The van der Waals surface area contributed by atoms with E-state index >= 15 is 0 Å². The molecular formula is C19H23ClN2O3. The van der Waals surface area contributed by atoms with E-state index < -0.39 is 0 Å². The van der Waals surface area contributed by atoms with Crippen LogP contribution >= 0.6 is 11.6 Å². The minimum atomic E-state index is -0.338. The molecule has 0 saturated heterocycles. The number of anilines is 1. The third-order valence-electron chi connectivity index (χ3n) is 4.04. The molecule has 1 N–H and O–H groups in total. The highest BCUT2D eigenvalue weighted by Gasteiger charge is 2.20. The van der Waals surface area contributed by atoms with Gasteiger partial charge in [0.05, 0.1) is 20.3 Å². The first-order chi connectivity index (χ1) is 12.0. The molecule has 2 aromatic carbocycles. The van der Waals surface area contributed by atoms with Crippen molar-refractivity contribution in [1.82, 2.24) is 4.90 Å². The number of benzene rings is 2. The number of amides is 1. The first kappa shape index (κ1) is 19.1. The molecule has 0 aliphatic carbocycles. The van der Waals surface area contributed by atoms with Crippen LogP contribution in [0.1, 0.15) is 12.5 Å². The number of nitrogens with zero attached hydrogens (tertiary/aromatic N) is 1. The van der Waals surface area contributed by atoms with Crippen LogP contribution in [0.5, 0.6) is 11.5 Å². The summed E-state index contributed by atoms with van der Waals surface area (Å²) < 4.78 is 10.8. The summed E-state index contributed by atoms with van der Waals surface area (Å²) in [6.07, 6.45) is 0. The van der Waals surface area contributed by atoms with Gasteiger partial charge in [-0.25, -0.2) is 0 Å². The van der Waals surface area contributed by atoms with Crippen molar-refractivity contribution in [2.24, 2.45) is 0 Å². The van der Waals surface area contributed by atoms with E-state index in [0.29, 0.717) is 28.8 Å². The van der Waals surface area contributed by atoms with Gasteiger partial charge in [-0.15, -0.1) is 0 Å². The van der Waals surface area contributed by atoms with Crippen LogP contribution in [0.3, 0.4) is 0 Å². The average Bonchev–Trinajstić information content (AvgIpc) is 2.60. The van der Waals surface area contributed by atoms with Crippen molar-refractivity contribution in [2.75, 3.05) is 26.6 Å². The zero-order valence-electron chi connectivity index (χ0n) is 14.9. The van der Waals surface area contributed by atoms with Gasteiger partial charge in [-0.1, -0.05) is 29.8 Å². The standard InChI is InChI=1S/C19H23ClN2O3/c1-13(19(23)21-16-9-6-8-15(20)11-16)22(2)12-14-7-5-10-17(24-3)18(14)25-4/h5-11,13H,12H2,1-4H3,(H,21,23)/t13-/m0/s1. The molecule has 0 spiro atoms. The molecule has 1 amide bonds. The lowest BCUT2D eigenvalue weighted by Gasteiger charge is -2.25. The number of para-hydroxylation sites is 1. The van der Waals surface area contributed by atoms with Gasteiger partial charge >= 0.3 is 0 Å². The average molecular weight is 363 g/mol. The van der Waals surface area contributed by atoms with Crippen LogP contribution in [0, 0.1) is 0 Å². The Kier molecular flexibility index (Phi) is 6.67. The van der Waals surface area contributed by atoms with E-state index in [0.717, 1.165) is 5.56 Å². The minimum absolute atomic E-state index is 0.105. The Morgan fingerprint density at radius 2 is 1.92 bits per heavy atom. The lowest BCUT2D eigenvalue weighted by molar-refractivity contribution is -0.120. The molecule has 0 unspecified atom stereocenters. The Labute approximate surface area is 153 Å². The Morgan fingerprint density at radius 1 is 1.20 bits per heavy atom. The van der Waals surface area contributed by atoms with Crippen LogP contribution < -0.4 is 14.8 Å². The van der Waals surface area contributed by atoms with Crippen LogP contribution in [0.25, 0.3) is 0 Å². The van der Waals surface area contributed by atoms with Crippen LogP contribution in [-0.4, -0.2) is 38.1 Å². The van der Waals surface area contributed by atoms with Crippen molar-refractivity contribution < 1.29 is 14.3 Å². The molecule has 25 heavy (non-hydrogen) atoms. The van der Waals surface area contributed by atoms with Crippen LogP contribution in [-0.2, 0) is 11.3 Å². The fourth-order valence-electron chi connectivity index (χ4n) is 2.50. The van der Waals surface area contributed by atoms with Crippen molar-refractivity contribution >= 4 is 23.2 Å². The molecule has 0 saturated carbocycles. The fraction of sp³-hybridized carbons (Fsp3) is 0.316. The summed E-state index contributed by atoms with van der Waals surface area (Å²) in [7, 11) is 5.10. The van der Waals surface area contributed by atoms with Crippen molar-refractivity contribution in [3.8, 4) is 11.5 Å². The third kappa shape index (κ3) is 4.87. The van der Waals surface area contributed by atoms with Crippen LogP contribution in [0.15, 0.2) is 42.5 Å². The maximum absolute atomic E-state index is 12.5. The van der Waals surface area contributed by atoms with Gasteiger partial charge in [0.2, 0.25) is 5.91 Å². The first-order valence-electron chi connectivity index (χ1n) is 7.92. The molecule has 6 heteroatoms. The number of rotatable bonds is 7. The lowest BCUT2D eigenvalue weighted by Crippen LogP contribution is -2.39. The van der Waals surface area contributed by atoms with E-state index in [-0.39, 0.29) is 11.9 Å². The number of ether oxygens (including phenoxy) is 2. The van der Waals surface area contributed by atoms with Gasteiger partial charge in [0, 0.05) is 22.8 Å². The normalized spacial score (nSPS) is 11.9.